The number of H-pyrrole nitrogens is 1. The van der Waals surface area contributed by atoms with E-state index in [0.29, 0.717) is 12.2 Å². The van der Waals surface area contributed by atoms with Gasteiger partial charge in [0.05, 0.1) is 30.0 Å². The number of anilines is 1. The zero-order valence-electron chi connectivity index (χ0n) is 17.6. The first-order valence-corrected chi connectivity index (χ1v) is 10.7. The molecular weight excluding hydrogens is 438 g/mol. The highest BCUT2D eigenvalue weighted by Gasteiger charge is 2.26. The molecule has 11 heteroatoms. The van der Waals surface area contributed by atoms with Crippen LogP contribution >= 0.6 is 11.6 Å². The summed E-state index contributed by atoms with van der Waals surface area (Å²) in [4.78, 5) is 37.9. The van der Waals surface area contributed by atoms with E-state index in [1.165, 1.54) is 7.05 Å². The number of aromatic nitrogens is 2. The molecule has 0 saturated carbocycles. The van der Waals surface area contributed by atoms with Crippen LogP contribution in [0.4, 0.5) is 11.5 Å². The number of imidazole rings is 1. The average Bonchev–Trinajstić information content (AvgIpc) is 3.18. The Labute approximate surface area is 189 Å². The van der Waals surface area contributed by atoms with Gasteiger partial charge in [-0.15, -0.1) is 11.6 Å². The first-order valence-electron chi connectivity index (χ1n) is 10.2. The normalized spacial score (nSPS) is 18.0. The van der Waals surface area contributed by atoms with Crippen molar-refractivity contribution in [1.29, 1.82) is 0 Å². The largest absolute Gasteiger partial charge is 0.480 e. The lowest BCUT2D eigenvalue weighted by Crippen LogP contribution is -2.36. The highest BCUT2D eigenvalue weighted by atomic mass is 35.5. The minimum Gasteiger partial charge on any atom is -0.480 e. The number of amides is 1. The molecule has 0 spiro atoms. The number of hydrogen-bond acceptors (Lipinski definition) is 7. The number of benzene rings is 1. The Bertz CT molecular complexity index is 1020. The summed E-state index contributed by atoms with van der Waals surface area (Å²) in [6.07, 6.45) is 0.490. The van der Waals surface area contributed by atoms with E-state index in [9.17, 15) is 9.59 Å². The molecule has 2 aliphatic heterocycles. The first-order chi connectivity index (χ1) is 15.4. The van der Waals surface area contributed by atoms with E-state index < -0.39 is 18.4 Å². The highest BCUT2D eigenvalue weighted by Crippen LogP contribution is 2.31. The summed E-state index contributed by atoms with van der Waals surface area (Å²) in [6, 6.07) is 8.26. The number of ether oxygens (including phenoxy) is 2. The molecule has 2 aromatic rings. The van der Waals surface area contributed by atoms with Crippen LogP contribution in [0.2, 0.25) is 0 Å². The van der Waals surface area contributed by atoms with Crippen molar-refractivity contribution in [1.82, 2.24) is 14.9 Å². The Morgan fingerprint density at radius 1 is 1.31 bits per heavy atom. The van der Waals surface area contributed by atoms with Crippen molar-refractivity contribution in [2.24, 2.45) is 4.99 Å². The molecule has 4 rings (SSSR count). The summed E-state index contributed by atoms with van der Waals surface area (Å²) in [5.41, 5.74) is 3.50. The summed E-state index contributed by atoms with van der Waals surface area (Å²) >= 11 is 6.60. The minimum absolute atomic E-state index is 0.142. The third-order valence-corrected chi connectivity index (χ3v) is 5.67. The van der Waals surface area contributed by atoms with Crippen molar-refractivity contribution >= 4 is 40.7 Å². The third kappa shape index (κ3) is 5.03. The molecule has 1 aromatic heterocycles. The van der Waals surface area contributed by atoms with Crippen molar-refractivity contribution in [3.63, 3.8) is 0 Å². The molecule has 1 fully saturated rings. The fourth-order valence-electron chi connectivity index (χ4n) is 3.58. The second-order valence-corrected chi connectivity index (χ2v) is 8.12. The van der Waals surface area contributed by atoms with Crippen LogP contribution in [-0.4, -0.2) is 89.4 Å². The third-order valence-electron chi connectivity index (χ3n) is 5.31. The lowest BCUT2D eigenvalue weighted by molar-refractivity contribution is -0.144. The molecular formula is C21H24ClN5O5. The van der Waals surface area contributed by atoms with Gasteiger partial charge < -0.3 is 29.4 Å². The van der Waals surface area contributed by atoms with E-state index in [2.05, 4.69) is 32.0 Å². The lowest BCUT2D eigenvalue weighted by Gasteiger charge is -2.29. The van der Waals surface area contributed by atoms with Gasteiger partial charge in [0.1, 0.15) is 6.54 Å². The summed E-state index contributed by atoms with van der Waals surface area (Å²) in [6.45, 7) is 2.46. The number of hydrogen-bond donors (Lipinski definition) is 2. The average molecular weight is 462 g/mol. The number of nitrogens with zero attached hydrogens (tertiary/aromatic N) is 4. The number of aromatic amines is 1. The van der Waals surface area contributed by atoms with E-state index in [1.54, 1.807) is 0 Å². The second kappa shape index (κ2) is 9.58. The van der Waals surface area contributed by atoms with Crippen LogP contribution in [0.15, 0.2) is 29.3 Å². The van der Waals surface area contributed by atoms with Gasteiger partial charge in [-0.05, 0) is 17.7 Å². The molecule has 0 aliphatic carbocycles. The van der Waals surface area contributed by atoms with Crippen molar-refractivity contribution in [2.45, 2.75) is 11.8 Å². The van der Waals surface area contributed by atoms with Crippen LogP contribution in [0, 0.1) is 0 Å². The summed E-state index contributed by atoms with van der Waals surface area (Å²) in [7, 11) is 1.39. The number of rotatable bonds is 7. The highest BCUT2D eigenvalue weighted by molar-refractivity contribution is 6.36. The number of likely N-dealkylation sites (N-methyl/N-ethyl adjacent to an activating group) is 1. The van der Waals surface area contributed by atoms with Gasteiger partial charge in [0, 0.05) is 32.2 Å². The Hall–Kier alpha value is -3.11. The quantitative estimate of drug-likeness (QED) is 0.599. The van der Waals surface area contributed by atoms with Gasteiger partial charge in [-0.25, -0.2) is 4.99 Å². The molecule has 2 N–H and O–H groups in total. The number of fused-ring (bicyclic) bond motifs is 1. The monoisotopic (exact) mass is 461 g/mol. The Balaban J connectivity index is 1.44. The number of aliphatic carboxylic acids is 1. The van der Waals surface area contributed by atoms with Crippen molar-refractivity contribution in [3.05, 3.63) is 35.5 Å². The van der Waals surface area contributed by atoms with E-state index in [4.69, 9.17) is 26.2 Å². The van der Waals surface area contributed by atoms with E-state index >= 15 is 0 Å². The van der Waals surface area contributed by atoms with Crippen LogP contribution in [0.1, 0.15) is 11.3 Å². The molecule has 170 valence electrons. The van der Waals surface area contributed by atoms with Gasteiger partial charge in [0.25, 0.3) is 11.9 Å². The fourth-order valence-corrected chi connectivity index (χ4v) is 3.91. The lowest BCUT2D eigenvalue weighted by atomic mass is 10.0. The number of carbonyl (C=O) groups excluding carboxylic acids is 1. The van der Waals surface area contributed by atoms with Crippen LogP contribution < -0.4 is 9.64 Å². The smallest absolute Gasteiger partial charge is 0.323 e. The van der Waals surface area contributed by atoms with Gasteiger partial charge in [0.2, 0.25) is 0 Å². The number of nitrogens with one attached hydrogen (secondary N) is 1. The Kier molecular flexibility index (Phi) is 6.61. The maximum Gasteiger partial charge on any atom is 0.323 e. The van der Waals surface area contributed by atoms with Gasteiger partial charge in [-0.1, -0.05) is 12.1 Å². The molecule has 3 heterocycles. The summed E-state index contributed by atoms with van der Waals surface area (Å²) in [5, 5.41) is 8.43. The number of carboxylic acids is 1. The number of aliphatic imine (C=N–C) groups is 1. The summed E-state index contributed by atoms with van der Waals surface area (Å²) < 4.78 is 10.8. The van der Waals surface area contributed by atoms with E-state index in [-0.39, 0.29) is 18.0 Å². The second-order valence-electron chi connectivity index (χ2n) is 7.59. The number of halogens is 1. The minimum atomic E-state index is -1.10. The number of carbonyl (C=O) groups is 2. The van der Waals surface area contributed by atoms with E-state index in [1.807, 2.05) is 12.1 Å². The van der Waals surface area contributed by atoms with Gasteiger partial charge >= 0.3 is 5.97 Å². The molecule has 1 aromatic carbocycles. The Morgan fingerprint density at radius 3 is 2.72 bits per heavy atom. The topological polar surface area (TPSA) is 120 Å². The number of alkyl halides is 1. The molecule has 32 heavy (non-hydrogen) atoms. The van der Waals surface area contributed by atoms with Gasteiger partial charge in [-0.2, -0.15) is 4.98 Å². The first kappa shape index (κ1) is 22.1. The van der Waals surface area contributed by atoms with E-state index in [0.717, 1.165) is 53.9 Å². The molecule has 0 bridgehead atoms. The molecule has 1 saturated heterocycles. The summed E-state index contributed by atoms with van der Waals surface area (Å²) in [5.74, 6) is -1.10. The van der Waals surface area contributed by atoms with Crippen molar-refractivity contribution in [3.8, 4) is 6.01 Å². The number of morpholine rings is 1. The predicted octanol–water partition coefficient (Wildman–Crippen LogP) is 1.45. The van der Waals surface area contributed by atoms with Gasteiger partial charge in [-0.3, -0.25) is 9.59 Å². The van der Waals surface area contributed by atoms with Gasteiger partial charge in [0.15, 0.2) is 12.4 Å². The fraction of sp³-hybridized carbons (Fsp3) is 0.429. The SMILES string of the molecule is CN(CC(=O)O)C(=O)COc1nc2c([nH]1)CC(Cl)C(c1ccc(N3CCOCC3)cc1)=N2. The standard InChI is InChI=1S/C21H24ClN5O5/c1-26(11-18(29)30)17(28)12-32-21-23-16-10-15(22)19(24-20(16)25-21)13-2-4-14(5-3-13)27-6-8-31-9-7-27/h2-5,15H,6-12H2,1H3,(H,23,25)(H,29,30). The van der Waals surface area contributed by atoms with Crippen LogP contribution in [0.5, 0.6) is 6.01 Å². The van der Waals surface area contributed by atoms with Crippen molar-refractivity contribution < 1.29 is 24.2 Å². The molecule has 1 unspecified atom stereocenters. The zero-order chi connectivity index (χ0) is 22.7. The number of carboxylic acid groups (broad SMARTS) is 1. The van der Waals surface area contributed by atoms with Crippen LogP contribution in [-0.2, 0) is 20.7 Å². The molecule has 1 amide bonds. The molecule has 2 aliphatic rings. The van der Waals surface area contributed by atoms with Crippen LogP contribution in [0.25, 0.3) is 0 Å². The van der Waals surface area contributed by atoms with Crippen LogP contribution in [0.3, 0.4) is 0 Å². The molecule has 1 atom stereocenters. The maximum absolute atomic E-state index is 12.0. The maximum atomic E-state index is 12.0. The zero-order valence-corrected chi connectivity index (χ0v) is 18.3. The Morgan fingerprint density at radius 2 is 2.03 bits per heavy atom. The van der Waals surface area contributed by atoms with Crippen molar-refractivity contribution in [2.75, 3.05) is 51.4 Å². The molecule has 10 nitrogen and oxygen atoms in total. The predicted molar refractivity (Wildman–Crippen MR) is 118 cm³/mol. The molecule has 0 radical (unpaired) electrons.